The molecule has 0 spiro atoms. The van der Waals surface area contributed by atoms with E-state index in [0.717, 1.165) is 18.4 Å². The maximum Gasteiger partial charge on any atom is 0.279 e. The number of benzene rings is 1. The van der Waals surface area contributed by atoms with Crippen LogP contribution in [0.1, 0.15) is 56.4 Å². The van der Waals surface area contributed by atoms with E-state index in [9.17, 15) is 18.3 Å². The van der Waals surface area contributed by atoms with Crippen LogP contribution in [-0.2, 0) is 14.6 Å². The van der Waals surface area contributed by atoms with Gasteiger partial charge in [-0.1, -0.05) is 38.1 Å². The molecular formula is C32H33FN4O5S. The summed E-state index contributed by atoms with van der Waals surface area (Å²) in [6, 6.07) is 3.27. The van der Waals surface area contributed by atoms with Crippen LogP contribution in [0.4, 0.5) is 15.8 Å². The number of phenolic OH excluding ortho intramolecular Hbond substituents is 1. The van der Waals surface area contributed by atoms with Crippen LogP contribution in [-0.4, -0.2) is 47.8 Å². The Morgan fingerprint density at radius 1 is 1.23 bits per heavy atom. The van der Waals surface area contributed by atoms with Crippen LogP contribution in [0.15, 0.2) is 94.4 Å². The van der Waals surface area contributed by atoms with E-state index in [1.165, 1.54) is 35.6 Å². The Kier molecular flexibility index (Phi) is 7.45. The summed E-state index contributed by atoms with van der Waals surface area (Å²) in [6.07, 6.45) is 14.1. The Bertz CT molecular complexity index is 1740. The quantitative estimate of drug-likeness (QED) is 0.406. The lowest BCUT2D eigenvalue weighted by Gasteiger charge is -2.38. The Morgan fingerprint density at radius 3 is 2.79 bits per heavy atom. The van der Waals surface area contributed by atoms with Crippen LogP contribution >= 0.6 is 0 Å². The van der Waals surface area contributed by atoms with Gasteiger partial charge in [-0.15, -0.1) is 0 Å². The number of amides is 1. The van der Waals surface area contributed by atoms with Gasteiger partial charge in [-0.3, -0.25) is 14.7 Å². The Balaban J connectivity index is 1.53. The van der Waals surface area contributed by atoms with E-state index in [0.29, 0.717) is 30.9 Å². The number of carbonyl (C=O) groups excluding carboxylic acids is 1. The van der Waals surface area contributed by atoms with Crippen LogP contribution in [0, 0.1) is 5.41 Å². The number of rotatable bonds is 5. The molecule has 0 radical (unpaired) electrons. The molecule has 0 bridgehead atoms. The fraction of sp³-hybridized carbons (Fsp3) is 0.344. The van der Waals surface area contributed by atoms with Crippen molar-refractivity contribution in [3.63, 3.8) is 0 Å². The zero-order valence-electron chi connectivity index (χ0n) is 24.0. The lowest BCUT2D eigenvalue weighted by Crippen LogP contribution is -2.47. The molecule has 0 saturated heterocycles. The van der Waals surface area contributed by atoms with Crippen LogP contribution in [0.5, 0.6) is 5.75 Å². The maximum absolute atomic E-state index is 16.3. The van der Waals surface area contributed by atoms with Gasteiger partial charge in [-0.05, 0) is 54.4 Å². The summed E-state index contributed by atoms with van der Waals surface area (Å²) < 4.78 is 50.4. The molecule has 224 valence electrons. The second-order valence-electron chi connectivity index (χ2n) is 11.9. The Labute approximate surface area is 250 Å². The monoisotopic (exact) mass is 604 g/mol. The molecular weight excluding hydrogens is 571 g/mol. The number of nitrogens with one attached hydrogen (secondary N) is 1. The molecule has 2 aliphatic carbocycles. The number of carbonyl (C=O) groups is 1. The number of aromatic nitrogens is 2. The van der Waals surface area contributed by atoms with E-state index in [-0.39, 0.29) is 45.5 Å². The first kappa shape index (κ1) is 28.9. The highest BCUT2D eigenvalue weighted by atomic mass is 32.2. The van der Waals surface area contributed by atoms with E-state index in [1.54, 1.807) is 12.1 Å². The Hall–Kier alpha value is -4.25. The average Bonchev–Trinajstić information content (AvgIpc) is 3.11. The van der Waals surface area contributed by atoms with Gasteiger partial charge in [0.1, 0.15) is 29.6 Å². The van der Waals surface area contributed by atoms with Gasteiger partial charge in [0.25, 0.3) is 5.91 Å². The van der Waals surface area contributed by atoms with Gasteiger partial charge in [0.2, 0.25) is 0 Å². The van der Waals surface area contributed by atoms with Gasteiger partial charge in [-0.25, -0.2) is 17.8 Å². The highest BCUT2D eigenvalue weighted by Crippen LogP contribution is 2.50. The van der Waals surface area contributed by atoms with Crippen LogP contribution in [0.25, 0.3) is 0 Å². The summed E-state index contributed by atoms with van der Waals surface area (Å²) in [4.78, 5) is 23.6. The zero-order chi connectivity index (χ0) is 30.4. The molecule has 6 rings (SSSR count). The van der Waals surface area contributed by atoms with Crippen molar-refractivity contribution in [2.24, 2.45) is 5.41 Å². The van der Waals surface area contributed by atoms with Crippen LogP contribution in [0.2, 0.25) is 0 Å². The van der Waals surface area contributed by atoms with E-state index in [4.69, 9.17) is 4.74 Å². The third-order valence-corrected chi connectivity index (χ3v) is 10.3. The molecule has 1 unspecified atom stereocenters. The first-order chi connectivity index (χ1) is 20.5. The lowest BCUT2D eigenvalue weighted by atomic mass is 9.87. The number of allylic oxidation sites excluding steroid dienone is 6. The van der Waals surface area contributed by atoms with Crippen molar-refractivity contribution in [2.45, 2.75) is 52.0 Å². The molecule has 3 heterocycles. The minimum atomic E-state index is -4.02. The van der Waals surface area contributed by atoms with Crippen molar-refractivity contribution in [1.82, 2.24) is 9.97 Å². The summed E-state index contributed by atoms with van der Waals surface area (Å²) in [7, 11) is -4.02. The summed E-state index contributed by atoms with van der Waals surface area (Å²) >= 11 is 0. The molecule has 9 nitrogen and oxygen atoms in total. The summed E-state index contributed by atoms with van der Waals surface area (Å²) in [5, 5.41) is 14.1. The summed E-state index contributed by atoms with van der Waals surface area (Å²) in [5.41, 5.74) is 1.13. The number of fused-ring (bicyclic) bond motifs is 1. The maximum atomic E-state index is 16.3. The minimum Gasteiger partial charge on any atom is -0.506 e. The normalized spacial score (nSPS) is 22.5. The van der Waals surface area contributed by atoms with Crippen molar-refractivity contribution in [2.75, 3.05) is 22.6 Å². The minimum absolute atomic E-state index is 0.0513. The van der Waals surface area contributed by atoms with Gasteiger partial charge in [0.15, 0.2) is 9.84 Å². The third-order valence-electron chi connectivity index (χ3n) is 7.99. The van der Waals surface area contributed by atoms with E-state index in [1.807, 2.05) is 19.9 Å². The molecule has 0 saturated carbocycles. The second kappa shape index (κ2) is 11.1. The average molecular weight is 605 g/mol. The number of sulfone groups is 1. The number of halogens is 1. The van der Waals surface area contributed by atoms with Crippen molar-refractivity contribution < 1.29 is 27.4 Å². The molecule has 43 heavy (non-hydrogen) atoms. The van der Waals surface area contributed by atoms with E-state index < -0.39 is 33.0 Å². The summed E-state index contributed by atoms with van der Waals surface area (Å²) in [5.74, 6) is -1.26. The van der Waals surface area contributed by atoms with Crippen LogP contribution < -0.4 is 10.2 Å². The lowest BCUT2D eigenvalue weighted by molar-refractivity contribution is 0.0978. The van der Waals surface area contributed by atoms with Gasteiger partial charge < -0.3 is 15.2 Å². The first-order valence-electron chi connectivity index (χ1n) is 14.3. The van der Waals surface area contributed by atoms with Gasteiger partial charge in [0, 0.05) is 30.6 Å². The molecule has 1 aromatic carbocycles. The fourth-order valence-corrected chi connectivity index (χ4v) is 8.56. The highest BCUT2D eigenvalue weighted by Gasteiger charge is 2.48. The van der Waals surface area contributed by atoms with E-state index >= 15 is 4.39 Å². The molecule has 1 atom stereocenters. The van der Waals surface area contributed by atoms with Crippen LogP contribution in [0.3, 0.4) is 0 Å². The molecule has 2 aliphatic heterocycles. The van der Waals surface area contributed by atoms with Gasteiger partial charge in [0.05, 0.1) is 34.3 Å². The number of hydrogen-bond acceptors (Lipinski definition) is 8. The number of ether oxygens (including phenoxy) is 1. The third kappa shape index (κ3) is 5.61. The van der Waals surface area contributed by atoms with E-state index in [2.05, 4.69) is 27.4 Å². The molecule has 1 amide bonds. The fourth-order valence-electron chi connectivity index (χ4n) is 6.19. The standard InChI is InChI=1S/C32H33FN4O5S/c1-32(2)16-24-30(43(40,41)19-32)29(22-12-11-21(15-23(22)33)42-18-20-7-4-3-5-8-20)37(31(39)25-17-34-13-14-35-25)26-9-6-10-27(38)28(26)36-24/h4,6-10,13-15,17,29,36,38H,3,5,11-12,16,18-19H2,1-2H3. The molecule has 2 N–H and O–H groups in total. The zero-order valence-corrected chi connectivity index (χ0v) is 24.8. The first-order valence-corrected chi connectivity index (χ1v) is 15.9. The van der Waals surface area contributed by atoms with Crippen molar-refractivity contribution in [1.29, 1.82) is 0 Å². The molecule has 0 fully saturated rings. The number of phenols is 1. The van der Waals surface area contributed by atoms with Crippen molar-refractivity contribution in [3.05, 3.63) is 100 Å². The molecule has 2 aromatic rings. The number of nitrogens with zero attached hydrogens (tertiary/aromatic N) is 3. The summed E-state index contributed by atoms with van der Waals surface area (Å²) in [6.45, 7) is 3.99. The number of para-hydroxylation sites is 1. The predicted octanol–water partition coefficient (Wildman–Crippen LogP) is 5.87. The number of anilines is 2. The smallest absolute Gasteiger partial charge is 0.279 e. The molecule has 4 aliphatic rings. The van der Waals surface area contributed by atoms with Gasteiger partial charge in [-0.2, -0.15) is 0 Å². The number of aromatic hydroxyl groups is 1. The van der Waals surface area contributed by atoms with Gasteiger partial charge >= 0.3 is 0 Å². The SMILES string of the molecule is CC1(C)CC2=C(C(C3=C(F)C=C(OCC4=CCCC=C4)CC3)N(C(=O)c3cnccn3)c3cccc(O)c3N2)S(=O)(=O)C1. The predicted molar refractivity (Wildman–Crippen MR) is 161 cm³/mol. The molecule has 1 aromatic heterocycles. The highest BCUT2D eigenvalue weighted by molar-refractivity contribution is 7.95. The second-order valence-corrected chi connectivity index (χ2v) is 13.9. The molecule has 11 heteroatoms. The Morgan fingerprint density at radius 2 is 2.07 bits per heavy atom. The van der Waals surface area contributed by atoms with Crippen molar-refractivity contribution in [3.8, 4) is 5.75 Å². The largest absolute Gasteiger partial charge is 0.506 e. The topological polar surface area (TPSA) is 122 Å². The van der Waals surface area contributed by atoms with Crippen molar-refractivity contribution >= 4 is 27.1 Å². The number of hydrogen-bond donors (Lipinski definition) is 2.